The van der Waals surface area contributed by atoms with Gasteiger partial charge in [0, 0.05) is 22.5 Å². The van der Waals surface area contributed by atoms with E-state index in [1.165, 1.54) is 0 Å². The van der Waals surface area contributed by atoms with Gasteiger partial charge in [-0.3, -0.25) is 0 Å². The third-order valence-corrected chi connectivity index (χ3v) is 5.21. The molecule has 0 aromatic heterocycles. The van der Waals surface area contributed by atoms with Crippen molar-refractivity contribution >= 4 is 23.1 Å². The van der Waals surface area contributed by atoms with Crippen molar-refractivity contribution in [2.75, 3.05) is 4.90 Å². The van der Waals surface area contributed by atoms with E-state index >= 15 is 0 Å². The maximum atomic E-state index is 6.08. The minimum absolute atomic E-state index is 0.0212. The number of nitrogens with zero attached hydrogens (tertiary/aromatic N) is 1. The van der Waals surface area contributed by atoms with E-state index in [-0.39, 0.29) is 5.41 Å². The van der Waals surface area contributed by atoms with E-state index in [9.17, 15) is 0 Å². The van der Waals surface area contributed by atoms with Crippen molar-refractivity contribution in [3.05, 3.63) is 120 Å². The van der Waals surface area contributed by atoms with Crippen LogP contribution < -0.4 is 4.90 Å². The molecule has 0 N–H and O–H groups in total. The van der Waals surface area contributed by atoms with Gasteiger partial charge in [0.1, 0.15) is 11.5 Å². The van der Waals surface area contributed by atoms with Gasteiger partial charge in [0.15, 0.2) is 0 Å². The van der Waals surface area contributed by atoms with E-state index in [1.54, 1.807) is 0 Å². The van der Waals surface area contributed by atoms with E-state index in [4.69, 9.17) is 4.74 Å². The first-order valence-corrected chi connectivity index (χ1v) is 10.8. The third kappa shape index (κ3) is 5.16. The number of rotatable bonds is 5. The zero-order chi connectivity index (χ0) is 21.7. The monoisotopic (exact) mass is 407 g/mol. The molecule has 0 atom stereocenters. The van der Waals surface area contributed by atoms with Crippen LogP contribution >= 0.6 is 0 Å². The number of anilines is 3. The Kier molecular flexibility index (Phi) is 6.08. The summed E-state index contributed by atoms with van der Waals surface area (Å²) in [5, 5.41) is 0. The van der Waals surface area contributed by atoms with Crippen LogP contribution in [0, 0.1) is 5.41 Å². The standard InChI is InChI=1S/C29H29NO/c1-29(2,3)28-16-10-15-27(31-28)22-19-23-17-20-26(21-18-23)30(24-11-6-4-7-12-24)25-13-8-5-9-14-25/h4-9,11-22H,10H2,1-3H3. The molecule has 0 aliphatic carbocycles. The van der Waals surface area contributed by atoms with Crippen molar-refractivity contribution in [2.24, 2.45) is 5.41 Å². The van der Waals surface area contributed by atoms with E-state index in [1.807, 2.05) is 12.1 Å². The Hall–Kier alpha value is -3.52. The number of hydrogen-bond acceptors (Lipinski definition) is 2. The summed E-state index contributed by atoms with van der Waals surface area (Å²) in [5.74, 6) is 1.94. The van der Waals surface area contributed by atoms with Crippen LogP contribution in [0.2, 0.25) is 0 Å². The molecule has 0 fully saturated rings. The average Bonchev–Trinajstić information content (AvgIpc) is 2.80. The van der Waals surface area contributed by atoms with Crippen LogP contribution in [0.15, 0.2) is 115 Å². The predicted octanol–water partition coefficient (Wildman–Crippen LogP) is 8.40. The highest BCUT2D eigenvalue weighted by Crippen LogP contribution is 2.34. The Morgan fingerprint density at radius 3 is 1.77 bits per heavy atom. The SMILES string of the molecule is CC(C)(C)C1=CCC=C(C=Cc2ccc(N(c3ccccc3)c3ccccc3)cc2)O1. The van der Waals surface area contributed by atoms with Crippen molar-refractivity contribution in [3.63, 3.8) is 0 Å². The molecule has 2 nitrogen and oxygen atoms in total. The molecule has 0 saturated heterocycles. The second kappa shape index (κ2) is 9.09. The molecule has 1 aliphatic rings. The van der Waals surface area contributed by atoms with Gasteiger partial charge in [-0.15, -0.1) is 0 Å². The molecule has 1 heterocycles. The number of benzene rings is 3. The summed E-state index contributed by atoms with van der Waals surface area (Å²) in [6, 6.07) is 29.5. The van der Waals surface area contributed by atoms with Crippen LogP contribution in [0.25, 0.3) is 6.08 Å². The second-order valence-electron chi connectivity index (χ2n) is 8.69. The molecule has 0 unspecified atom stereocenters. The third-order valence-electron chi connectivity index (χ3n) is 5.21. The number of para-hydroxylation sites is 2. The Labute approximate surface area is 185 Å². The molecule has 0 amide bonds. The molecule has 0 radical (unpaired) electrons. The summed E-state index contributed by atoms with van der Waals surface area (Å²) < 4.78 is 6.08. The fraction of sp³-hybridized carbons (Fsp3) is 0.172. The molecule has 156 valence electrons. The predicted molar refractivity (Wildman–Crippen MR) is 131 cm³/mol. The van der Waals surface area contributed by atoms with Gasteiger partial charge in [-0.05, 0) is 66.6 Å². The first-order valence-electron chi connectivity index (χ1n) is 10.8. The smallest absolute Gasteiger partial charge is 0.123 e. The maximum absolute atomic E-state index is 6.08. The minimum Gasteiger partial charge on any atom is -0.462 e. The molecule has 4 rings (SSSR count). The average molecular weight is 408 g/mol. The summed E-state index contributed by atoms with van der Waals surface area (Å²) in [7, 11) is 0. The highest BCUT2D eigenvalue weighted by atomic mass is 16.5. The lowest BCUT2D eigenvalue weighted by molar-refractivity contribution is 0.220. The maximum Gasteiger partial charge on any atom is 0.123 e. The Bertz CT molecular complexity index is 1050. The zero-order valence-electron chi connectivity index (χ0n) is 18.5. The van der Waals surface area contributed by atoms with Gasteiger partial charge in [-0.25, -0.2) is 0 Å². The van der Waals surface area contributed by atoms with Crippen molar-refractivity contribution in [3.8, 4) is 0 Å². The lowest BCUT2D eigenvalue weighted by Gasteiger charge is -2.26. The lowest BCUT2D eigenvalue weighted by Crippen LogP contribution is -2.13. The van der Waals surface area contributed by atoms with Crippen molar-refractivity contribution in [1.29, 1.82) is 0 Å². The molecule has 3 aromatic carbocycles. The lowest BCUT2D eigenvalue weighted by atomic mass is 9.92. The molecule has 0 bridgehead atoms. The van der Waals surface area contributed by atoms with Crippen LogP contribution in [-0.4, -0.2) is 0 Å². The Balaban J connectivity index is 1.54. The van der Waals surface area contributed by atoms with Crippen LogP contribution in [0.4, 0.5) is 17.1 Å². The van der Waals surface area contributed by atoms with Gasteiger partial charge in [0.05, 0.1) is 0 Å². The summed E-state index contributed by atoms with van der Waals surface area (Å²) in [5.41, 5.74) is 4.56. The van der Waals surface area contributed by atoms with Gasteiger partial charge in [-0.1, -0.05) is 75.4 Å². The van der Waals surface area contributed by atoms with Gasteiger partial charge < -0.3 is 9.64 Å². The largest absolute Gasteiger partial charge is 0.462 e. The van der Waals surface area contributed by atoms with Crippen molar-refractivity contribution < 1.29 is 4.74 Å². The molecule has 31 heavy (non-hydrogen) atoms. The molecule has 3 aromatic rings. The Morgan fingerprint density at radius 1 is 0.677 bits per heavy atom. The minimum atomic E-state index is 0.0212. The molecule has 0 saturated carbocycles. The number of ether oxygens (including phenoxy) is 1. The number of hydrogen-bond donors (Lipinski definition) is 0. The second-order valence-corrected chi connectivity index (χ2v) is 8.69. The first kappa shape index (κ1) is 20.7. The summed E-state index contributed by atoms with van der Waals surface area (Å²) in [6.45, 7) is 6.53. The van der Waals surface area contributed by atoms with Gasteiger partial charge in [-0.2, -0.15) is 0 Å². The molecule has 2 heteroatoms. The molecular weight excluding hydrogens is 378 g/mol. The van der Waals surface area contributed by atoms with E-state index in [0.717, 1.165) is 40.6 Å². The Morgan fingerprint density at radius 2 is 1.23 bits per heavy atom. The first-order chi connectivity index (χ1) is 15.0. The van der Waals surface area contributed by atoms with Crippen molar-refractivity contribution in [2.45, 2.75) is 27.2 Å². The molecular formula is C29H29NO. The van der Waals surface area contributed by atoms with E-state index in [2.05, 4.69) is 123 Å². The zero-order valence-corrected chi connectivity index (χ0v) is 18.5. The van der Waals surface area contributed by atoms with Gasteiger partial charge >= 0.3 is 0 Å². The van der Waals surface area contributed by atoms with Crippen LogP contribution in [0.3, 0.4) is 0 Å². The topological polar surface area (TPSA) is 12.5 Å². The summed E-state index contributed by atoms with van der Waals surface area (Å²) >= 11 is 0. The normalized spacial score (nSPS) is 14.0. The molecule has 0 spiro atoms. The fourth-order valence-electron chi connectivity index (χ4n) is 3.57. The summed E-state index contributed by atoms with van der Waals surface area (Å²) in [6.07, 6.45) is 9.35. The van der Waals surface area contributed by atoms with E-state index in [0.29, 0.717) is 0 Å². The van der Waals surface area contributed by atoms with Crippen molar-refractivity contribution in [1.82, 2.24) is 0 Å². The fourth-order valence-corrected chi connectivity index (χ4v) is 3.57. The van der Waals surface area contributed by atoms with Crippen LogP contribution in [-0.2, 0) is 4.74 Å². The summed E-state index contributed by atoms with van der Waals surface area (Å²) in [4.78, 5) is 2.26. The quantitative estimate of drug-likeness (QED) is 0.421. The highest BCUT2D eigenvalue weighted by molar-refractivity contribution is 5.76. The van der Waals surface area contributed by atoms with Gasteiger partial charge in [0.2, 0.25) is 0 Å². The van der Waals surface area contributed by atoms with Gasteiger partial charge in [0.25, 0.3) is 0 Å². The van der Waals surface area contributed by atoms with E-state index < -0.39 is 0 Å². The van der Waals surface area contributed by atoms with Crippen LogP contribution in [0.5, 0.6) is 0 Å². The molecule has 1 aliphatic heterocycles. The van der Waals surface area contributed by atoms with Crippen LogP contribution in [0.1, 0.15) is 32.8 Å². The number of allylic oxidation sites excluding steroid dienone is 4. The highest BCUT2D eigenvalue weighted by Gasteiger charge is 2.21.